The zero-order valence-electron chi connectivity index (χ0n) is 3.39. The summed E-state index contributed by atoms with van der Waals surface area (Å²) in [6.07, 6.45) is 2.06. The molecule has 0 aromatic heterocycles. The average molecular weight is 105 g/mol. The summed E-state index contributed by atoms with van der Waals surface area (Å²) in [7, 11) is 3.52. The van der Waals surface area contributed by atoms with Crippen molar-refractivity contribution in [2.75, 3.05) is 6.26 Å². The van der Waals surface area contributed by atoms with Gasteiger partial charge in [-0.1, -0.05) is 6.82 Å². The first kappa shape index (κ1) is 5.76. The predicted octanol–water partition coefficient (Wildman–Crippen LogP) is 1.66. The molecular formula is C2H6BS2. The van der Waals surface area contributed by atoms with E-state index < -0.39 is 0 Å². The maximum absolute atomic E-state index is 2.06. The SMILES string of the molecule is C[B]SSC. The van der Waals surface area contributed by atoms with Gasteiger partial charge in [-0.2, -0.15) is 10.6 Å². The smallest absolute Gasteiger partial charge is 0.154 e. The summed E-state index contributed by atoms with van der Waals surface area (Å²) in [5.41, 5.74) is 0. The van der Waals surface area contributed by atoms with Crippen molar-refractivity contribution in [1.82, 2.24) is 0 Å². The van der Waals surface area contributed by atoms with Crippen molar-refractivity contribution in [3.05, 3.63) is 0 Å². The summed E-state index contributed by atoms with van der Waals surface area (Å²) in [5.74, 6) is 0. The molecule has 0 aliphatic heterocycles. The molecule has 0 N–H and O–H groups in total. The van der Waals surface area contributed by atoms with Gasteiger partial charge in [-0.25, -0.2) is 0 Å². The quantitative estimate of drug-likeness (QED) is 0.387. The highest BCUT2D eigenvalue weighted by atomic mass is 33.1. The van der Waals surface area contributed by atoms with Crippen molar-refractivity contribution in [3.63, 3.8) is 0 Å². The maximum Gasteiger partial charge on any atom is 0.203 e. The van der Waals surface area contributed by atoms with Crippen LogP contribution in [0.15, 0.2) is 0 Å². The van der Waals surface area contributed by atoms with Crippen molar-refractivity contribution < 1.29 is 0 Å². The molecule has 0 heterocycles. The van der Waals surface area contributed by atoms with Crippen LogP contribution >= 0.6 is 21.4 Å². The molecule has 0 nitrogen and oxygen atoms in total. The van der Waals surface area contributed by atoms with Gasteiger partial charge < -0.3 is 0 Å². The van der Waals surface area contributed by atoms with Gasteiger partial charge in [-0.15, -0.1) is 10.8 Å². The number of hydrogen-bond donors (Lipinski definition) is 0. The fourth-order valence-electron chi connectivity index (χ4n) is 0.0962. The normalized spacial score (nSPS) is 7.60. The van der Waals surface area contributed by atoms with E-state index in [4.69, 9.17) is 0 Å². The minimum Gasteiger partial charge on any atom is -0.154 e. The first-order valence-corrected chi connectivity index (χ1v) is 4.01. The zero-order valence-corrected chi connectivity index (χ0v) is 5.03. The molecule has 0 spiro atoms. The van der Waals surface area contributed by atoms with Gasteiger partial charge in [0.1, 0.15) is 0 Å². The topological polar surface area (TPSA) is 0 Å². The lowest BCUT2D eigenvalue weighted by Gasteiger charge is -1.78. The lowest BCUT2D eigenvalue weighted by molar-refractivity contribution is 2.38. The highest BCUT2D eigenvalue weighted by molar-refractivity contribution is 8.85. The Kier molecular flexibility index (Phi) is 5.49. The molecule has 0 bridgehead atoms. The second-order valence-electron chi connectivity index (χ2n) is 0.499. The average Bonchev–Trinajstić information content (AvgIpc) is 1.41. The lowest BCUT2D eigenvalue weighted by atomic mass is 10.2. The van der Waals surface area contributed by atoms with Crippen molar-refractivity contribution in [1.29, 1.82) is 0 Å². The summed E-state index contributed by atoms with van der Waals surface area (Å²) in [4.78, 5) is 0. The first-order valence-electron chi connectivity index (χ1n) is 1.39. The standard InChI is InChI=1S/C2H6BS2/c1-3-5-4-2/h1-2H3. The summed E-state index contributed by atoms with van der Waals surface area (Å²) in [6, 6.07) is 0. The molecule has 1 radical (unpaired) electrons. The van der Waals surface area contributed by atoms with Gasteiger partial charge in [0.05, 0.1) is 0 Å². The Bertz CT molecular complexity index is 15.1. The molecule has 3 heteroatoms. The Morgan fingerprint density at radius 3 is 2.20 bits per heavy atom. The predicted molar refractivity (Wildman–Crippen MR) is 32.7 cm³/mol. The molecule has 0 amide bonds. The minimum absolute atomic E-state index is 1.75. The highest BCUT2D eigenvalue weighted by Gasteiger charge is 1.71. The van der Waals surface area contributed by atoms with E-state index in [1.807, 2.05) is 6.82 Å². The van der Waals surface area contributed by atoms with Crippen LogP contribution < -0.4 is 0 Å². The number of rotatable bonds is 2. The Labute approximate surface area is 41.6 Å². The Morgan fingerprint density at radius 1 is 1.60 bits per heavy atom. The van der Waals surface area contributed by atoms with Gasteiger partial charge in [0.25, 0.3) is 0 Å². The molecule has 0 atom stereocenters. The van der Waals surface area contributed by atoms with Gasteiger partial charge >= 0.3 is 0 Å². The van der Waals surface area contributed by atoms with Crippen LogP contribution in [0.1, 0.15) is 0 Å². The van der Waals surface area contributed by atoms with E-state index in [-0.39, 0.29) is 0 Å². The fraction of sp³-hybridized carbons (Fsp3) is 1.00. The van der Waals surface area contributed by atoms with Gasteiger partial charge in [-0.05, 0) is 6.26 Å². The van der Waals surface area contributed by atoms with Crippen molar-refractivity contribution in [2.45, 2.75) is 6.82 Å². The summed E-state index contributed by atoms with van der Waals surface area (Å²) in [5, 5.41) is 0. The highest BCUT2D eigenvalue weighted by Crippen LogP contribution is 2.12. The fourth-order valence-corrected chi connectivity index (χ4v) is 0.866. The second kappa shape index (κ2) is 4.76. The molecule has 0 aromatic carbocycles. The van der Waals surface area contributed by atoms with Crippen LogP contribution in [0.5, 0.6) is 0 Å². The number of hydrogen-bond acceptors (Lipinski definition) is 2. The van der Waals surface area contributed by atoms with Gasteiger partial charge in [-0.3, -0.25) is 0 Å². The van der Waals surface area contributed by atoms with E-state index in [0.717, 1.165) is 0 Å². The van der Waals surface area contributed by atoms with E-state index in [0.29, 0.717) is 0 Å². The van der Waals surface area contributed by atoms with Crippen LogP contribution in [0, 0.1) is 0 Å². The Balaban J connectivity index is 2.19. The van der Waals surface area contributed by atoms with Crippen LogP contribution in [0.4, 0.5) is 0 Å². The molecule has 0 rings (SSSR count). The van der Waals surface area contributed by atoms with Gasteiger partial charge in [0, 0.05) is 0 Å². The molecule has 0 fully saturated rings. The molecule has 5 heavy (non-hydrogen) atoms. The van der Waals surface area contributed by atoms with Crippen molar-refractivity contribution >= 4 is 28.0 Å². The first-order chi connectivity index (χ1) is 2.41. The lowest BCUT2D eigenvalue weighted by Crippen LogP contribution is -1.58. The molecule has 0 aliphatic carbocycles. The molecule has 29 valence electrons. The van der Waals surface area contributed by atoms with E-state index in [2.05, 4.69) is 12.8 Å². The third-order valence-corrected chi connectivity index (χ3v) is 1.73. The Hall–Kier alpha value is 0.765. The van der Waals surface area contributed by atoms with E-state index in [1.54, 1.807) is 21.4 Å². The van der Waals surface area contributed by atoms with E-state index in [1.165, 1.54) is 0 Å². The van der Waals surface area contributed by atoms with Gasteiger partial charge in [0.2, 0.25) is 6.56 Å². The van der Waals surface area contributed by atoms with E-state index >= 15 is 0 Å². The summed E-state index contributed by atoms with van der Waals surface area (Å²) < 4.78 is 0. The van der Waals surface area contributed by atoms with Crippen LogP contribution in [0.25, 0.3) is 0 Å². The molecular weight excluding hydrogens is 99.0 g/mol. The molecule has 0 aliphatic rings. The van der Waals surface area contributed by atoms with Crippen molar-refractivity contribution in [2.24, 2.45) is 0 Å². The largest absolute Gasteiger partial charge is 0.203 e. The van der Waals surface area contributed by atoms with Crippen LogP contribution in [-0.4, -0.2) is 12.8 Å². The van der Waals surface area contributed by atoms with Crippen LogP contribution in [0.2, 0.25) is 6.82 Å². The monoisotopic (exact) mass is 105 g/mol. The molecule has 0 saturated carbocycles. The van der Waals surface area contributed by atoms with Crippen LogP contribution in [-0.2, 0) is 0 Å². The molecule has 0 aromatic rings. The van der Waals surface area contributed by atoms with Crippen LogP contribution in [0.3, 0.4) is 0 Å². The van der Waals surface area contributed by atoms with Gasteiger partial charge in [0.15, 0.2) is 0 Å². The summed E-state index contributed by atoms with van der Waals surface area (Å²) in [6.45, 7) is 4.09. The third kappa shape index (κ3) is 4.76. The summed E-state index contributed by atoms with van der Waals surface area (Å²) >= 11 is 0. The van der Waals surface area contributed by atoms with Crippen molar-refractivity contribution in [3.8, 4) is 0 Å². The minimum atomic E-state index is 1.75. The maximum atomic E-state index is 2.06. The molecule has 0 unspecified atom stereocenters. The zero-order chi connectivity index (χ0) is 4.12. The molecule has 0 saturated heterocycles. The Morgan fingerprint density at radius 2 is 2.20 bits per heavy atom. The third-order valence-electron chi connectivity index (χ3n) is 0.192. The second-order valence-corrected chi connectivity index (χ2v) is 3.07. The van der Waals surface area contributed by atoms with E-state index in [9.17, 15) is 0 Å².